The molecule has 13 heteroatoms. The Morgan fingerprint density at radius 2 is 1.91 bits per heavy atom. The van der Waals surface area contributed by atoms with Gasteiger partial charge in [0.25, 0.3) is 11.8 Å². The third-order valence-electron chi connectivity index (χ3n) is 4.28. The molecule has 2 rings (SSSR count). The summed E-state index contributed by atoms with van der Waals surface area (Å²) in [6.45, 7) is 1.71. The number of alkyl halides is 2. The second kappa shape index (κ2) is 11.5. The fourth-order valence-corrected chi connectivity index (χ4v) is 3.87. The molecule has 0 unspecified atom stereocenters. The van der Waals surface area contributed by atoms with Crippen LogP contribution in [0.15, 0.2) is 29.5 Å². The van der Waals surface area contributed by atoms with Gasteiger partial charge in [-0.2, -0.15) is 0 Å². The lowest BCUT2D eigenvalue weighted by molar-refractivity contribution is -0.0243. The molecule has 1 heterocycles. The van der Waals surface area contributed by atoms with Gasteiger partial charge in [-0.3, -0.25) is 9.79 Å². The summed E-state index contributed by atoms with van der Waals surface area (Å²) in [5.74, 6) is -6.26. The lowest BCUT2D eigenvalue weighted by Crippen LogP contribution is -2.33. The quantitative estimate of drug-likeness (QED) is 0.289. The van der Waals surface area contributed by atoms with Gasteiger partial charge < -0.3 is 20.5 Å². The number of amides is 1. The van der Waals surface area contributed by atoms with Crippen molar-refractivity contribution in [3.8, 4) is 5.88 Å². The van der Waals surface area contributed by atoms with E-state index in [4.69, 9.17) is 15.2 Å². The Hall–Kier alpha value is -2.93. The summed E-state index contributed by atoms with van der Waals surface area (Å²) in [6, 6.07) is 2.12. The summed E-state index contributed by atoms with van der Waals surface area (Å²) in [5, 5.41) is 2.67. The molecule has 1 atom stereocenters. The number of nitrogens with two attached hydrogens (primary N) is 1. The monoisotopic (exact) mass is 503 g/mol. The zero-order valence-corrected chi connectivity index (χ0v) is 19.8. The maximum absolute atomic E-state index is 14.5. The van der Waals surface area contributed by atoms with Gasteiger partial charge in [0.1, 0.15) is 5.69 Å². The van der Waals surface area contributed by atoms with Crippen molar-refractivity contribution in [2.75, 3.05) is 32.7 Å². The van der Waals surface area contributed by atoms with Crippen LogP contribution in [0.5, 0.6) is 5.88 Å². The van der Waals surface area contributed by atoms with Crippen molar-refractivity contribution in [3.63, 3.8) is 0 Å². The van der Waals surface area contributed by atoms with E-state index in [0.717, 1.165) is 30.2 Å². The number of hydrogen-bond acceptors (Lipinski definition) is 7. The fraction of sp³-hybridized carbons (Fsp3) is 0.429. The maximum Gasteiger partial charge on any atom is 0.278 e. The Kier molecular flexibility index (Phi) is 9.21. The molecule has 2 aromatic rings. The molecule has 0 aliphatic heterocycles. The number of methoxy groups -OCH3 is 1. The average molecular weight is 504 g/mol. The number of aromatic nitrogens is 2. The van der Waals surface area contributed by atoms with Gasteiger partial charge in [-0.05, 0) is 25.0 Å². The highest BCUT2D eigenvalue weighted by Gasteiger charge is 2.30. The van der Waals surface area contributed by atoms with Gasteiger partial charge in [-0.15, -0.1) is 0 Å². The molecule has 8 nitrogen and oxygen atoms in total. The minimum absolute atomic E-state index is 0.0124. The van der Waals surface area contributed by atoms with E-state index < -0.39 is 34.8 Å². The Bertz CT molecular complexity index is 1030. The molecule has 34 heavy (non-hydrogen) atoms. The molecule has 1 aromatic heterocycles. The molecule has 0 radical (unpaired) electrons. The van der Waals surface area contributed by atoms with Crippen LogP contribution >= 0.6 is 11.8 Å². The van der Waals surface area contributed by atoms with E-state index in [-0.39, 0.29) is 41.0 Å². The minimum Gasteiger partial charge on any atom is -0.470 e. The normalized spacial score (nSPS) is 13.9. The van der Waals surface area contributed by atoms with E-state index in [1.165, 1.54) is 20.2 Å². The zero-order valence-electron chi connectivity index (χ0n) is 19.0. The van der Waals surface area contributed by atoms with Gasteiger partial charge in [-0.25, -0.2) is 27.5 Å². The van der Waals surface area contributed by atoms with Gasteiger partial charge in [0.15, 0.2) is 23.4 Å². The smallest absolute Gasteiger partial charge is 0.278 e. The highest BCUT2D eigenvalue weighted by Crippen LogP contribution is 2.32. The van der Waals surface area contributed by atoms with Crippen LogP contribution in [0.1, 0.15) is 29.9 Å². The van der Waals surface area contributed by atoms with Crippen LogP contribution in [0.3, 0.4) is 0 Å². The molecular weight excluding hydrogens is 478 g/mol. The molecule has 0 saturated heterocycles. The van der Waals surface area contributed by atoms with E-state index in [1.54, 1.807) is 6.92 Å². The Labute approximate surface area is 198 Å². The predicted molar refractivity (Wildman–Crippen MR) is 122 cm³/mol. The molecule has 0 fully saturated rings. The van der Waals surface area contributed by atoms with E-state index in [2.05, 4.69) is 20.3 Å². The Morgan fingerprint density at radius 1 is 1.21 bits per heavy atom. The number of anilines is 1. The van der Waals surface area contributed by atoms with Crippen molar-refractivity contribution < 1.29 is 31.8 Å². The van der Waals surface area contributed by atoms with Gasteiger partial charge >= 0.3 is 0 Å². The third kappa shape index (κ3) is 8.13. The van der Waals surface area contributed by atoms with E-state index >= 15 is 0 Å². The third-order valence-corrected chi connectivity index (χ3v) is 5.43. The van der Waals surface area contributed by atoms with Crippen molar-refractivity contribution in [3.05, 3.63) is 47.4 Å². The van der Waals surface area contributed by atoms with Gasteiger partial charge in [0.2, 0.25) is 5.88 Å². The van der Waals surface area contributed by atoms with Crippen molar-refractivity contribution >= 4 is 28.5 Å². The Morgan fingerprint density at radius 3 is 2.47 bits per heavy atom. The second-order valence-electron chi connectivity index (χ2n) is 7.71. The Balaban J connectivity index is 2.20. The number of ether oxygens (including phenoxy) is 2. The molecule has 0 spiro atoms. The molecule has 3 N–H and O–H groups in total. The molecule has 0 aliphatic rings. The largest absolute Gasteiger partial charge is 0.470 e. The van der Waals surface area contributed by atoms with E-state index in [0.29, 0.717) is 6.92 Å². The van der Waals surface area contributed by atoms with Crippen molar-refractivity contribution in [2.24, 2.45) is 10.7 Å². The van der Waals surface area contributed by atoms with Crippen LogP contribution in [0, 0.1) is 11.6 Å². The second-order valence-corrected chi connectivity index (χ2v) is 9.32. The van der Waals surface area contributed by atoms with E-state index in [1.807, 2.05) is 0 Å². The summed E-state index contributed by atoms with van der Waals surface area (Å²) in [6.07, 6.45) is 2.03. The molecule has 1 amide bonds. The summed E-state index contributed by atoms with van der Waals surface area (Å²) >= 11 is 1.15. The highest BCUT2D eigenvalue weighted by atomic mass is 32.2. The predicted octanol–water partition coefficient (Wildman–Crippen LogP) is 3.67. The van der Waals surface area contributed by atoms with Gasteiger partial charge in [0.05, 0.1) is 19.0 Å². The zero-order chi connectivity index (χ0) is 25.5. The molecule has 0 bridgehead atoms. The summed E-state index contributed by atoms with van der Waals surface area (Å²) in [5.41, 5.74) is 5.58. The van der Waals surface area contributed by atoms with Crippen LogP contribution in [-0.4, -0.2) is 59.1 Å². The molecule has 0 aliphatic carbocycles. The lowest BCUT2D eigenvalue weighted by Gasteiger charge is -2.28. The van der Waals surface area contributed by atoms with Crippen molar-refractivity contribution in [1.82, 2.24) is 9.97 Å². The number of amidine groups is 1. The first kappa shape index (κ1) is 27.3. The number of rotatable bonds is 10. The average Bonchev–Trinajstić information content (AvgIpc) is 2.75. The molecule has 1 aromatic carbocycles. The minimum atomic E-state index is -3.06. The van der Waals surface area contributed by atoms with Crippen LogP contribution in [0.4, 0.5) is 23.2 Å². The van der Waals surface area contributed by atoms with Crippen LogP contribution in [0.2, 0.25) is 0 Å². The summed E-state index contributed by atoms with van der Waals surface area (Å²) < 4.78 is 63.8. The summed E-state index contributed by atoms with van der Waals surface area (Å²) in [7, 11) is 2.98. The fourth-order valence-electron chi connectivity index (χ4n) is 2.87. The topological polar surface area (TPSA) is 112 Å². The first-order valence-electron chi connectivity index (χ1n) is 9.88. The SMILES string of the molecule is C/N=C(/N)S[C@@](C)(COC)Cc1cc(NC(=O)c2cnc(OCC(C)(F)F)cn2)cc(F)c1F. The van der Waals surface area contributed by atoms with Crippen LogP contribution in [-0.2, 0) is 11.2 Å². The number of aliphatic imine (C=N–C) groups is 1. The standard InChI is InChI=1S/C21H25F4N5O3S/c1-20(10-32-4,34-19(26)27-3)7-12-5-13(6-14(22)17(12)23)30-18(31)15-8-29-16(9-28-15)33-11-21(2,24)25/h5-6,8-9H,7,10-11H2,1-4H3,(H2,26,27)(H,30,31)/t20-/m1/s1. The molecular formula is C21H25F4N5O3S. The van der Waals surface area contributed by atoms with Gasteiger partial charge in [-0.1, -0.05) is 11.8 Å². The molecule has 0 saturated carbocycles. The maximum atomic E-state index is 14.5. The number of nitrogens with zero attached hydrogens (tertiary/aromatic N) is 3. The number of carbonyl (C=O) groups excluding carboxylic acids is 1. The first-order valence-corrected chi connectivity index (χ1v) is 10.7. The number of carbonyl (C=O) groups is 1. The number of halogens is 4. The first-order chi connectivity index (χ1) is 15.9. The van der Waals surface area contributed by atoms with Crippen molar-refractivity contribution in [2.45, 2.75) is 30.9 Å². The van der Waals surface area contributed by atoms with Crippen LogP contribution < -0.4 is 15.8 Å². The number of thioether (sulfide) groups is 1. The number of hydrogen-bond donors (Lipinski definition) is 2. The van der Waals surface area contributed by atoms with Crippen LogP contribution in [0.25, 0.3) is 0 Å². The number of benzene rings is 1. The van der Waals surface area contributed by atoms with Gasteiger partial charge in [0, 0.05) is 37.6 Å². The summed E-state index contributed by atoms with van der Waals surface area (Å²) in [4.78, 5) is 23.9. The van der Waals surface area contributed by atoms with E-state index in [9.17, 15) is 22.4 Å². The molecule has 186 valence electrons. The van der Waals surface area contributed by atoms with Crippen molar-refractivity contribution in [1.29, 1.82) is 0 Å². The number of nitrogens with one attached hydrogen (secondary N) is 1. The highest BCUT2D eigenvalue weighted by molar-refractivity contribution is 8.15. The lowest BCUT2D eigenvalue weighted by atomic mass is 9.99.